The van der Waals surface area contributed by atoms with Crippen molar-refractivity contribution in [3.63, 3.8) is 0 Å². The maximum absolute atomic E-state index is 11.7. The Morgan fingerprint density at radius 2 is 1.93 bits per heavy atom. The molecule has 0 fully saturated rings. The molecule has 82 valence electrons. The number of hydrogen-bond donors (Lipinski definition) is 0. The van der Waals surface area contributed by atoms with Gasteiger partial charge in [0.25, 0.3) is 5.91 Å². The molecule has 0 aliphatic heterocycles. The molecule has 0 aromatic heterocycles. The summed E-state index contributed by atoms with van der Waals surface area (Å²) in [6.45, 7) is 1.94. The van der Waals surface area contributed by atoms with Gasteiger partial charge in [-0.05, 0) is 18.6 Å². The van der Waals surface area contributed by atoms with Crippen LogP contribution in [-0.2, 0) is 4.79 Å². The smallest absolute Gasteiger partial charge is 0.263 e. The van der Waals surface area contributed by atoms with E-state index < -0.39 is 0 Å². The molecule has 3 heteroatoms. The van der Waals surface area contributed by atoms with Crippen LogP contribution in [0.4, 0.5) is 0 Å². The van der Waals surface area contributed by atoms with E-state index in [4.69, 9.17) is 4.74 Å². The van der Waals surface area contributed by atoms with E-state index in [0.717, 1.165) is 5.75 Å². The Morgan fingerprint density at radius 3 is 2.40 bits per heavy atom. The van der Waals surface area contributed by atoms with E-state index >= 15 is 0 Å². The van der Waals surface area contributed by atoms with E-state index in [1.54, 1.807) is 19.0 Å². The summed E-state index contributed by atoms with van der Waals surface area (Å²) < 4.78 is 5.60. The Balaban J connectivity index is 2.66. The van der Waals surface area contributed by atoms with Gasteiger partial charge in [-0.3, -0.25) is 4.79 Å². The molecular weight excluding hydrogens is 190 g/mol. The van der Waals surface area contributed by atoms with Crippen LogP contribution in [-0.4, -0.2) is 31.0 Å². The zero-order valence-electron chi connectivity index (χ0n) is 9.43. The summed E-state index contributed by atoms with van der Waals surface area (Å²) in [6.07, 6.45) is 0.286. The van der Waals surface area contributed by atoms with Gasteiger partial charge in [0.15, 0.2) is 6.10 Å². The summed E-state index contributed by atoms with van der Waals surface area (Å²) in [5, 5.41) is 0. The monoisotopic (exact) mass is 207 g/mol. The van der Waals surface area contributed by atoms with Crippen LogP contribution in [0.25, 0.3) is 0 Å². The molecule has 1 atom stereocenters. The van der Waals surface area contributed by atoms with Crippen LogP contribution in [0.2, 0.25) is 0 Å². The lowest BCUT2D eigenvalue weighted by molar-refractivity contribution is -0.136. The largest absolute Gasteiger partial charge is 0.481 e. The van der Waals surface area contributed by atoms with Crippen molar-refractivity contribution in [1.82, 2.24) is 4.90 Å². The lowest BCUT2D eigenvalue weighted by Crippen LogP contribution is -2.37. The van der Waals surface area contributed by atoms with Crippen LogP contribution in [0.3, 0.4) is 0 Å². The van der Waals surface area contributed by atoms with Crippen LogP contribution in [0, 0.1) is 0 Å². The first-order valence-corrected chi connectivity index (χ1v) is 5.08. The van der Waals surface area contributed by atoms with Gasteiger partial charge >= 0.3 is 0 Å². The van der Waals surface area contributed by atoms with Gasteiger partial charge in [0.05, 0.1) is 0 Å². The lowest BCUT2D eigenvalue weighted by atomic mass is 10.2. The quantitative estimate of drug-likeness (QED) is 0.755. The SMILES string of the molecule is CC[C@H](Oc1ccccc1)C(=O)N(C)C. The number of para-hydroxylation sites is 1. The number of carbonyl (C=O) groups excluding carboxylic acids is 1. The number of likely N-dealkylation sites (N-methyl/N-ethyl adjacent to an activating group) is 1. The van der Waals surface area contributed by atoms with Crippen molar-refractivity contribution in [2.24, 2.45) is 0 Å². The molecule has 0 unspecified atom stereocenters. The maximum Gasteiger partial charge on any atom is 0.263 e. The zero-order valence-corrected chi connectivity index (χ0v) is 9.43. The van der Waals surface area contributed by atoms with Gasteiger partial charge in [-0.2, -0.15) is 0 Å². The Bertz CT molecular complexity index is 309. The molecule has 0 aliphatic carbocycles. The molecule has 0 spiro atoms. The summed E-state index contributed by atoms with van der Waals surface area (Å²) in [7, 11) is 3.47. The fraction of sp³-hybridized carbons (Fsp3) is 0.417. The predicted molar refractivity (Wildman–Crippen MR) is 59.8 cm³/mol. The number of nitrogens with zero attached hydrogens (tertiary/aromatic N) is 1. The minimum absolute atomic E-state index is 0.00125. The van der Waals surface area contributed by atoms with E-state index in [1.165, 1.54) is 0 Å². The van der Waals surface area contributed by atoms with Crippen molar-refractivity contribution in [1.29, 1.82) is 0 Å². The second-order valence-electron chi connectivity index (χ2n) is 3.56. The van der Waals surface area contributed by atoms with Gasteiger partial charge in [-0.25, -0.2) is 0 Å². The molecule has 0 heterocycles. The molecule has 3 nitrogen and oxygen atoms in total. The van der Waals surface area contributed by atoms with E-state index in [1.807, 2.05) is 37.3 Å². The summed E-state index contributed by atoms with van der Waals surface area (Å²) in [5.41, 5.74) is 0. The molecule has 0 radical (unpaired) electrons. The number of benzene rings is 1. The van der Waals surface area contributed by atoms with Crippen LogP contribution in [0.15, 0.2) is 30.3 Å². The fourth-order valence-corrected chi connectivity index (χ4v) is 1.26. The minimum Gasteiger partial charge on any atom is -0.481 e. The Hall–Kier alpha value is -1.51. The molecule has 0 saturated heterocycles. The third kappa shape index (κ3) is 3.27. The molecule has 1 aromatic carbocycles. The van der Waals surface area contributed by atoms with E-state index in [2.05, 4.69) is 0 Å². The van der Waals surface area contributed by atoms with Gasteiger partial charge in [-0.15, -0.1) is 0 Å². The molecule has 0 bridgehead atoms. The Labute approximate surface area is 90.7 Å². The second kappa shape index (κ2) is 5.39. The van der Waals surface area contributed by atoms with Gasteiger partial charge in [0.2, 0.25) is 0 Å². The zero-order chi connectivity index (χ0) is 11.3. The Morgan fingerprint density at radius 1 is 1.33 bits per heavy atom. The topological polar surface area (TPSA) is 29.5 Å². The summed E-state index contributed by atoms with van der Waals surface area (Å²) >= 11 is 0. The highest BCUT2D eigenvalue weighted by molar-refractivity contribution is 5.80. The molecule has 0 aliphatic rings. The first-order valence-electron chi connectivity index (χ1n) is 5.08. The first kappa shape index (κ1) is 11.6. The first-order chi connectivity index (χ1) is 7.15. The second-order valence-corrected chi connectivity index (χ2v) is 3.56. The number of hydrogen-bond acceptors (Lipinski definition) is 2. The normalized spacial score (nSPS) is 11.9. The number of amides is 1. The van der Waals surface area contributed by atoms with Crippen LogP contribution >= 0.6 is 0 Å². The third-order valence-corrected chi connectivity index (χ3v) is 2.11. The molecule has 1 rings (SSSR count). The molecule has 1 amide bonds. The van der Waals surface area contributed by atoms with E-state index in [9.17, 15) is 4.79 Å². The summed E-state index contributed by atoms with van der Waals surface area (Å²) in [5.74, 6) is 0.737. The average Bonchev–Trinajstić information content (AvgIpc) is 2.26. The average molecular weight is 207 g/mol. The third-order valence-electron chi connectivity index (χ3n) is 2.11. The molecule has 0 saturated carbocycles. The van der Waals surface area contributed by atoms with Crippen LogP contribution in [0.1, 0.15) is 13.3 Å². The van der Waals surface area contributed by atoms with Crippen molar-refractivity contribution in [2.75, 3.05) is 14.1 Å². The lowest BCUT2D eigenvalue weighted by Gasteiger charge is -2.20. The van der Waals surface area contributed by atoms with E-state index in [-0.39, 0.29) is 12.0 Å². The van der Waals surface area contributed by atoms with Crippen molar-refractivity contribution in [3.8, 4) is 5.75 Å². The standard InChI is InChI=1S/C12H17NO2/c1-4-11(12(14)13(2)3)15-10-8-6-5-7-9-10/h5-9,11H,4H2,1-3H3/t11-/m0/s1. The van der Waals surface area contributed by atoms with Crippen molar-refractivity contribution >= 4 is 5.91 Å². The number of rotatable bonds is 4. The molecule has 15 heavy (non-hydrogen) atoms. The van der Waals surface area contributed by atoms with Gasteiger partial charge in [0.1, 0.15) is 5.75 Å². The minimum atomic E-state index is -0.387. The molecular formula is C12H17NO2. The van der Waals surface area contributed by atoms with Crippen LogP contribution in [0.5, 0.6) is 5.75 Å². The number of ether oxygens (including phenoxy) is 1. The van der Waals surface area contributed by atoms with Gasteiger partial charge < -0.3 is 9.64 Å². The van der Waals surface area contributed by atoms with Crippen molar-refractivity contribution in [3.05, 3.63) is 30.3 Å². The van der Waals surface area contributed by atoms with Crippen molar-refractivity contribution in [2.45, 2.75) is 19.4 Å². The maximum atomic E-state index is 11.7. The molecule has 0 N–H and O–H groups in total. The summed E-state index contributed by atoms with van der Waals surface area (Å²) in [6, 6.07) is 9.41. The van der Waals surface area contributed by atoms with Gasteiger partial charge in [-0.1, -0.05) is 25.1 Å². The highest BCUT2D eigenvalue weighted by Crippen LogP contribution is 2.13. The number of carbonyl (C=O) groups is 1. The van der Waals surface area contributed by atoms with Crippen molar-refractivity contribution < 1.29 is 9.53 Å². The fourth-order valence-electron chi connectivity index (χ4n) is 1.26. The Kier molecular flexibility index (Phi) is 4.16. The highest BCUT2D eigenvalue weighted by Gasteiger charge is 2.19. The highest BCUT2D eigenvalue weighted by atomic mass is 16.5. The van der Waals surface area contributed by atoms with Gasteiger partial charge in [0, 0.05) is 14.1 Å². The van der Waals surface area contributed by atoms with E-state index in [0.29, 0.717) is 6.42 Å². The predicted octanol–water partition coefficient (Wildman–Crippen LogP) is 1.93. The summed E-state index contributed by atoms with van der Waals surface area (Å²) in [4.78, 5) is 13.2. The van der Waals surface area contributed by atoms with Crippen LogP contribution < -0.4 is 4.74 Å². The molecule has 1 aromatic rings.